The SMILES string of the molecule is O=C(Cc1csc(Cc2ccccc2)n1)Nc1nc(-c2cccc(F)c2)cs1. The summed E-state index contributed by atoms with van der Waals surface area (Å²) in [6.07, 6.45) is 0.955. The number of nitrogens with one attached hydrogen (secondary N) is 1. The highest BCUT2D eigenvalue weighted by Gasteiger charge is 2.11. The van der Waals surface area contributed by atoms with Gasteiger partial charge in [0.25, 0.3) is 0 Å². The molecule has 0 atom stereocenters. The van der Waals surface area contributed by atoms with Crippen molar-refractivity contribution in [3.63, 3.8) is 0 Å². The van der Waals surface area contributed by atoms with Gasteiger partial charge in [-0.15, -0.1) is 22.7 Å². The van der Waals surface area contributed by atoms with Crippen molar-refractivity contribution in [1.29, 1.82) is 0 Å². The Morgan fingerprint density at radius 3 is 2.68 bits per heavy atom. The molecule has 4 rings (SSSR count). The molecule has 0 aliphatic heterocycles. The van der Waals surface area contributed by atoms with Crippen molar-refractivity contribution in [2.24, 2.45) is 0 Å². The Morgan fingerprint density at radius 2 is 1.86 bits per heavy atom. The minimum Gasteiger partial charge on any atom is -0.302 e. The molecule has 0 saturated heterocycles. The molecule has 1 N–H and O–H groups in total. The van der Waals surface area contributed by atoms with Gasteiger partial charge >= 0.3 is 0 Å². The minimum atomic E-state index is -0.314. The first-order valence-corrected chi connectivity index (χ1v) is 10.4. The first-order chi connectivity index (χ1) is 13.7. The van der Waals surface area contributed by atoms with Gasteiger partial charge in [-0.1, -0.05) is 42.5 Å². The summed E-state index contributed by atoms with van der Waals surface area (Å²) in [4.78, 5) is 21.2. The molecule has 0 aliphatic carbocycles. The van der Waals surface area contributed by atoms with Gasteiger partial charge in [0.15, 0.2) is 5.13 Å². The van der Waals surface area contributed by atoms with Crippen molar-refractivity contribution in [3.05, 3.63) is 87.4 Å². The van der Waals surface area contributed by atoms with E-state index in [0.717, 1.165) is 17.1 Å². The van der Waals surface area contributed by atoms with Crippen molar-refractivity contribution < 1.29 is 9.18 Å². The van der Waals surface area contributed by atoms with Crippen LogP contribution < -0.4 is 5.32 Å². The van der Waals surface area contributed by atoms with Crippen LogP contribution in [0.3, 0.4) is 0 Å². The van der Waals surface area contributed by atoms with Gasteiger partial charge in [-0.3, -0.25) is 4.79 Å². The molecule has 0 fully saturated rings. The predicted molar refractivity (Wildman–Crippen MR) is 111 cm³/mol. The molecule has 7 heteroatoms. The largest absolute Gasteiger partial charge is 0.302 e. The Kier molecular flexibility index (Phi) is 5.55. The van der Waals surface area contributed by atoms with E-state index in [1.165, 1.54) is 29.0 Å². The van der Waals surface area contributed by atoms with Crippen LogP contribution in [0.2, 0.25) is 0 Å². The van der Waals surface area contributed by atoms with Crippen LogP contribution in [0.1, 0.15) is 16.3 Å². The van der Waals surface area contributed by atoms with E-state index in [-0.39, 0.29) is 18.1 Å². The number of nitrogens with zero attached hydrogens (tertiary/aromatic N) is 2. The van der Waals surface area contributed by atoms with E-state index in [9.17, 15) is 9.18 Å². The smallest absolute Gasteiger partial charge is 0.232 e. The molecule has 2 heterocycles. The van der Waals surface area contributed by atoms with Gasteiger partial charge in [0.05, 0.1) is 22.8 Å². The molecule has 4 nitrogen and oxygen atoms in total. The Labute approximate surface area is 169 Å². The molecule has 2 aromatic carbocycles. The van der Waals surface area contributed by atoms with Crippen LogP contribution in [-0.2, 0) is 17.6 Å². The number of rotatable bonds is 6. The average Bonchev–Trinajstić information content (AvgIpc) is 3.32. The first kappa shape index (κ1) is 18.5. The van der Waals surface area contributed by atoms with E-state index in [1.54, 1.807) is 28.8 Å². The predicted octanol–water partition coefficient (Wildman–Crippen LogP) is 5.18. The Morgan fingerprint density at radius 1 is 1.00 bits per heavy atom. The summed E-state index contributed by atoms with van der Waals surface area (Å²) in [5.74, 6) is -0.484. The van der Waals surface area contributed by atoms with Crippen LogP contribution in [-0.4, -0.2) is 15.9 Å². The highest BCUT2D eigenvalue weighted by molar-refractivity contribution is 7.14. The maximum Gasteiger partial charge on any atom is 0.232 e. The standard InChI is InChI=1S/C21H16FN3OS2/c22-16-8-4-7-15(10-16)18-13-28-21(24-18)25-19(26)11-17-12-27-20(23-17)9-14-5-2-1-3-6-14/h1-8,10,12-13H,9,11H2,(H,24,25,26). The molecule has 0 unspecified atom stereocenters. The van der Waals surface area contributed by atoms with E-state index >= 15 is 0 Å². The Balaban J connectivity index is 1.36. The molecule has 2 aromatic heterocycles. The van der Waals surface area contributed by atoms with Gasteiger partial charge in [0.1, 0.15) is 5.82 Å². The topological polar surface area (TPSA) is 54.9 Å². The summed E-state index contributed by atoms with van der Waals surface area (Å²) in [5, 5.41) is 7.98. The summed E-state index contributed by atoms with van der Waals surface area (Å²) in [6.45, 7) is 0. The van der Waals surface area contributed by atoms with E-state index < -0.39 is 0 Å². The number of anilines is 1. The van der Waals surface area contributed by atoms with Crippen LogP contribution in [0.4, 0.5) is 9.52 Å². The van der Waals surface area contributed by atoms with Gasteiger partial charge in [0, 0.05) is 22.7 Å². The fourth-order valence-corrected chi connectivity index (χ4v) is 4.29. The van der Waals surface area contributed by atoms with Crippen LogP contribution in [0.15, 0.2) is 65.4 Å². The number of aromatic nitrogens is 2. The summed E-state index contributed by atoms with van der Waals surface area (Å²) in [5.41, 5.74) is 3.26. The van der Waals surface area contributed by atoms with Crippen molar-refractivity contribution in [2.75, 3.05) is 5.32 Å². The van der Waals surface area contributed by atoms with Crippen LogP contribution >= 0.6 is 22.7 Å². The zero-order chi connectivity index (χ0) is 19.3. The molecule has 4 aromatic rings. The molecule has 0 saturated carbocycles. The minimum absolute atomic E-state index is 0.170. The normalized spacial score (nSPS) is 10.8. The number of hydrogen-bond acceptors (Lipinski definition) is 5. The Bertz CT molecular complexity index is 1090. The monoisotopic (exact) mass is 409 g/mol. The number of hydrogen-bond donors (Lipinski definition) is 1. The zero-order valence-electron chi connectivity index (χ0n) is 14.8. The lowest BCUT2D eigenvalue weighted by atomic mass is 10.2. The maximum atomic E-state index is 13.4. The van der Waals surface area contributed by atoms with E-state index in [4.69, 9.17) is 0 Å². The molecule has 28 heavy (non-hydrogen) atoms. The lowest BCUT2D eigenvalue weighted by molar-refractivity contribution is -0.115. The summed E-state index contributed by atoms with van der Waals surface area (Å²) in [7, 11) is 0. The van der Waals surface area contributed by atoms with Crippen molar-refractivity contribution in [3.8, 4) is 11.3 Å². The number of carbonyl (C=O) groups excluding carboxylic acids is 1. The van der Waals surface area contributed by atoms with Crippen LogP contribution in [0, 0.1) is 5.82 Å². The molecule has 0 spiro atoms. The fraction of sp³-hybridized carbons (Fsp3) is 0.0952. The quantitative estimate of drug-likeness (QED) is 0.477. The molecular formula is C21H16FN3OS2. The summed E-state index contributed by atoms with van der Waals surface area (Å²) >= 11 is 2.87. The Hall–Kier alpha value is -2.90. The fourth-order valence-electron chi connectivity index (χ4n) is 2.72. The summed E-state index contributed by atoms with van der Waals surface area (Å²) < 4.78 is 13.4. The molecule has 0 radical (unpaired) electrons. The number of amides is 1. The van der Waals surface area contributed by atoms with E-state index in [2.05, 4.69) is 27.4 Å². The van der Waals surface area contributed by atoms with Crippen molar-refractivity contribution in [2.45, 2.75) is 12.8 Å². The highest BCUT2D eigenvalue weighted by Crippen LogP contribution is 2.25. The first-order valence-electron chi connectivity index (χ1n) is 8.64. The molecular weight excluding hydrogens is 393 g/mol. The number of benzene rings is 2. The average molecular weight is 410 g/mol. The second kappa shape index (κ2) is 8.41. The zero-order valence-corrected chi connectivity index (χ0v) is 16.4. The van der Waals surface area contributed by atoms with Gasteiger partial charge in [-0.25, -0.2) is 14.4 Å². The third kappa shape index (κ3) is 4.68. The second-order valence-corrected chi connectivity index (χ2v) is 7.97. The molecule has 140 valence electrons. The third-order valence-corrected chi connectivity index (χ3v) is 5.67. The second-order valence-electron chi connectivity index (χ2n) is 6.17. The molecule has 0 bridgehead atoms. The lowest BCUT2D eigenvalue weighted by Crippen LogP contribution is -2.14. The van der Waals surface area contributed by atoms with Gasteiger partial charge in [0.2, 0.25) is 5.91 Å². The van der Waals surface area contributed by atoms with Crippen molar-refractivity contribution >= 4 is 33.7 Å². The molecule has 0 aliphatic rings. The summed E-state index contributed by atoms with van der Waals surface area (Å²) in [6, 6.07) is 16.3. The van der Waals surface area contributed by atoms with Crippen molar-refractivity contribution in [1.82, 2.24) is 9.97 Å². The van der Waals surface area contributed by atoms with Gasteiger partial charge < -0.3 is 5.32 Å². The maximum absolute atomic E-state index is 13.4. The number of thiazole rings is 2. The number of halogens is 1. The molecule has 1 amide bonds. The highest BCUT2D eigenvalue weighted by atomic mass is 32.1. The van der Waals surface area contributed by atoms with E-state index in [1.807, 2.05) is 23.6 Å². The van der Waals surface area contributed by atoms with Crippen LogP contribution in [0.25, 0.3) is 11.3 Å². The van der Waals surface area contributed by atoms with E-state index in [0.29, 0.717) is 16.4 Å². The number of carbonyl (C=O) groups is 1. The van der Waals surface area contributed by atoms with Crippen LogP contribution in [0.5, 0.6) is 0 Å². The lowest BCUT2D eigenvalue weighted by Gasteiger charge is -2.00. The van der Waals surface area contributed by atoms with Gasteiger partial charge in [-0.05, 0) is 17.7 Å². The van der Waals surface area contributed by atoms with Gasteiger partial charge in [-0.2, -0.15) is 0 Å². The third-order valence-electron chi connectivity index (χ3n) is 4.01.